The fourth-order valence-corrected chi connectivity index (χ4v) is 2.56. The number of hydrogen-bond acceptors (Lipinski definition) is 2. The number of benzene rings is 2. The quantitative estimate of drug-likeness (QED) is 0.883. The lowest BCUT2D eigenvalue weighted by Gasteiger charge is -2.22. The largest absolute Gasteiger partial charge is 0.325 e. The van der Waals surface area contributed by atoms with E-state index in [0.717, 1.165) is 5.56 Å². The van der Waals surface area contributed by atoms with Crippen molar-refractivity contribution >= 4 is 23.5 Å². The average molecular weight is 319 g/mol. The normalized spacial score (nSPS) is 17.7. The van der Waals surface area contributed by atoms with Crippen molar-refractivity contribution < 1.29 is 14.0 Å². The van der Waals surface area contributed by atoms with E-state index in [2.05, 4.69) is 5.32 Å². The van der Waals surface area contributed by atoms with Gasteiger partial charge in [0.05, 0.1) is 0 Å². The maximum Gasteiger partial charge on any atom is 0.325 e. The Hall–Kier alpha value is -2.40. The van der Waals surface area contributed by atoms with Crippen molar-refractivity contribution in [1.29, 1.82) is 0 Å². The van der Waals surface area contributed by atoms with Gasteiger partial charge in [-0.1, -0.05) is 35.9 Å². The Morgan fingerprint density at radius 1 is 1.05 bits per heavy atom. The lowest BCUT2D eigenvalue weighted by atomic mass is 10.1. The summed E-state index contributed by atoms with van der Waals surface area (Å²) in [4.78, 5) is 25.5. The van der Waals surface area contributed by atoms with Crippen LogP contribution in [0.4, 0.5) is 9.18 Å². The van der Waals surface area contributed by atoms with Gasteiger partial charge in [0.25, 0.3) is 5.91 Å². The van der Waals surface area contributed by atoms with E-state index in [4.69, 9.17) is 11.6 Å². The molecule has 1 saturated heterocycles. The van der Waals surface area contributed by atoms with Gasteiger partial charge in [0.15, 0.2) is 0 Å². The zero-order valence-corrected chi connectivity index (χ0v) is 12.2. The van der Waals surface area contributed by atoms with Crippen molar-refractivity contribution in [1.82, 2.24) is 10.2 Å². The van der Waals surface area contributed by atoms with E-state index in [9.17, 15) is 14.0 Å². The SMILES string of the molecule is O=C1NC(=O)N(Cc2ccc(F)cc2)C1c1ccc(Cl)cc1. The molecule has 6 heteroatoms. The summed E-state index contributed by atoms with van der Waals surface area (Å²) in [5.74, 6) is -0.727. The van der Waals surface area contributed by atoms with Crippen LogP contribution >= 0.6 is 11.6 Å². The number of rotatable bonds is 3. The molecule has 0 spiro atoms. The van der Waals surface area contributed by atoms with Crippen LogP contribution in [0.15, 0.2) is 48.5 Å². The number of carbonyl (C=O) groups is 2. The number of carbonyl (C=O) groups excluding carboxylic acids is 2. The number of halogens is 2. The highest BCUT2D eigenvalue weighted by Crippen LogP contribution is 2.28. The molecule has 112 valence electrons. The highest BCUT2D eigenvalue weighted by molar-refractivity contribution is 6.30. The zero-order valence-electron chi connectivity index (χ0n) is 11.4. The zero-order chi connectivity index (χ0) is 15.7. The van der Waals surface area contributed by atoms with Crippen LogP contribution in [0.1, 0.15) is 17.2 Å². The molecule has 1 N–H and O–H groups in total. The summed E-state index contributed by atoms with van der Waals surface area (Å²) in [5, 5.41) is 2.86. The molecule has 2 aromatic carbocycles. The van der Waals surface area contributed by atoms with Gasteiger partial charge in [0.2, 0.25) is 0 Å². The molecular weight excluding hydrogens is 307 g/mol. The molecule has 3 amide bonds. The number of nitrogens with one attached hydrogen (secondary N) is 1. The van der Waals surface area contributed by atoms with E-state index in [1.54, 1.807) is 36.4 Å². The van der Waals surface area contributed by atoms with Gasteiger partial charge < -0.3 is 4.90 Å². The van der Waals surface area contributed by atoms with Crippen LogP contribution < -0.4 is 5.32 Å². The molecule has 0 saturated carbocycles. The second-order valence-corrected chi connectivity index (χ2v) is 5.44. The minimum atomic E-state index is -0.713. The first-order chi connectivity index (χ1) is 10.5. The third-order valence-electron chi connectivity index (χ3n) is 3.50. The van der Waals surface area contributed by atoms with E-state index in [0.29, 0.717) is 10.6 Å². The van der Waals surface area contributed by atoms with Gasteiger partial charge in [-0.15, -0.1) is 0 Å². The Labute approximate surface area is 131 Å². The van der Waals surface area contributed by atoms with Crippen LogP contribution in [-0.2, 0) is 11.3 Å². The van der Waals surface area contributed by atoms with Gasteiger partial charge >= 0.3 is 6.03 Å². The van der Waals surface area contributed by atoms with E-state index in [1.165, 1.54) is 17.0 Å². The van der Waals surface area contributed by atoms with E-state index in [-0.39, 0.29) is 18.3 Å². The maximum absolute atomic E-state index is 13.0. The fraction of sp³-hybridized carbons (Fsp3) is 0.125. The predicted octanol–water partition coefficient (Wildman–Crippen LogP) is 3.27. The van der Waals surface area contributed by atoms with Crippen molar-refractivity contribution in [3.63, 3.8) is 0 Å². The van der Waals surface area contributed by atoms with Gasteiger partial charge in [-0.25, -0.2) is 9.18 Å². The molecular formula is C16H12ClFN2O2. The Kier molecular flexibility index (Phi) is 3.81. The number of hydrogen-bond donors (Lipinski definition) is 1. The van der Waals surface area contributed by atoms with Crippen LogP contribution in [0.2, 0.25) is 5.02 Å². The first kappa shape index (κ1) is 14.5. The highest BCUT2D eigenvalue weighted by atomic mass is 35.5. The fourth-order valence-electron chi connectivity index (χ4n) is 2.43. The summed E-state index contributed by atoms with van der Waals surface area (Å²) in [6.45, 7) is 0.213. The van der Waals surface area contributed by atoms with Crippen LogP contribution in [-0.4, -0.2) is 16.8 Å². The Morgan fingerprint density at radius 2 is 1.68 bits per heavy atom. The van der Waals surface area contributed by atoms with E-state index >= 15 is 0 Å². The van der Waals surface area contributed by atoms with Gasteiger partial charge in [0, 0.05) is 11.6 Å². The van der Waals surface area contributed by atoms with Crippen molar-refractivity contribution in [2.75, 3.05) is 0 Å². The van der Waals surface area contributed by atoms with Crippen molar-refractivity contribution in [3.05, 3.63) is 70.5 Å². The topological polar surface area (TPSA) is 49.4 Å². The number of nitrogens with zero attached hydrogens (tertiary/aromatic N) is 1. The lowest BCUT2D eigenvalue weighted by Crippen LogP contribution is -2.29. The van der Waals surface area contributed by atoms with Crippen molar-refractivity contribution in [2.24, 2.45) is 0 Å². The van der Waals surface area contributed by atoms with Crippen LogP contribution in [0.25, 0.3) is 0 Å². The summed E-state index contributed by atoms with van der Waals surface area (Å²) >= 11 is 5.85. The standard InChI is InChI=1S/C16H12ClFN2O2/c17-12-5-3-11(4-6-12)14-15(21)19-16(22)20(14)9-10-1-7-13(18)8-2-10/h1-8,14H,9H2,(H,19,21,22). The first-order valence-corrected chi connectivity index (χ1v) is 7.04. The summed E-state index contributed by atoms with van der Waals surface area (Å²) < 4.78 is 13.0. The number of urea groups is 1. The van der Waals surface area contributed by atoms with E-state index < -0.39 is 12.1 Å². The second kappa shape index (κ2) is 5.77. The first-order valence-electron chi connectivity index (χ1n) is 6.66. The molecule has 1 aliphatic heterocycles. The van der Waals surface area contributed by atoms with Gasteiger partial charge in [0.1, 0.15) is 11.9 Å². The molecule has 4 nitrogen and oxygen atoms in total. The van der Waals surface area contributed by atoms with Crippen molar-refractivity contribution in [3.8, 4) is 0 Å². The lowest BCUT2D eigenvalue weighted by molar-refractivity contribution is -0.121. The molecule has 0 bridgehead atoms. The van der Waals surface area contributed by atoms with Crippen molar-refractivity contribution in [2.45, 2.75) is 12.6 Å². The Morgan fingerprint density at radius 3 is 2.32 bits per heavy atom. The van der Waals surface area contributed by atoms with Gasteiger partial charge in [-0.2, -0.15) is 0 Å². The molecule has 0 aromatic heterocycles. The van der Waals surface area contributed by atoms with E-state index in [1.807, 2.05) is 0 Å². The van der Waals surface area contributed by atoms with Crippen LogP contribution in [0.5, 0.6) is 0 Å². The summed E-state index contributed by atoms with van der Waals surface area (Å²) in [5.41, 5.74) is 1.42. The second-order valence-electron chi connectivity index (χ2n) is 5.00. The average Bonchev–Trinajstić information content (AvgIpc) is 2.77. The molecule has 1 atom stereocenters. The number of imide groups is 1. The summed E-state index contributed by atoms with van der Waals surface area (Å²) in [6.07, 6.45) is 0. The number of amides is 3. The summed E-state index contributed by atoms with van der Waals surface area (Å²) in [7, 11) is 0. The predicted molar refractivity (Wildman–Crippen MR) is 79.7 cm³/mol. The molecule has 0 radical (unpaired) electrons. The van der Waals surface area contributed by atoms with Crippen LogP contribution in [0, 0.1) is 5.82 Å². The Bertz CT molecular complexity index is 716. The molecule has 22 heavy (non-hydrogen) atoms. The maximum atomic E-state index is 13.0. The minimum Gasteiger partial charge on any atom is -0.304 e. The monoisotopic (exact) mass is 318 g/mol. The summed E-state index contributed by atoms with van der Waals surface area (Å²) in [6, 6.07) is 11.4. The van der Waals surface area contributed by atoms with Gasteiger partial charge in [-0.05, 0) is 35.4 Å². The molecule has 3 rings (SSSR count). The molecule has 1 fully saturated rings. The third kappa shape index (κ3) is 2.80. The highest BCUT2D eigenvalue weighted by Gasteiger charge is 2.39. The Balaban J connectivity index is 1.89. The smallest absolute Gasteiger partial charge is 0.304 e. The van der Waals surface area contributed by atoms with Gasteiger partial charge in [-0.3, -0.25) is 10.1 Å². The molecule has 0 aliphatic carbocycles. The molecule has 1 aliphatic rings. The minimum absolute atomic E-state index is 0.213. The van der Waals surface area contributed by atoms with Crippen LogP contribution in [0.3, 0.4) is 0 Å². The molecule has 2 aromatic rings. The third-order valence-corrected chi connectivity index (χ3v) is 3.75. The molecule has 1 heterocycles. The molecule has 1 unspecified atom stereocenters.